The molecule has 6 nitrogen and oxygen atoms in total. The van der Waals surface area contributed by atoms with Crippen molar-refractivity contribution in [3.63, 3.8) is 0 Å². The molecule has 0 saturated carbocycles. The van der Waals surface area contributed by atoms with Gasteiger partial charge in [-0.3, -0.25) is 0 Å². The second kappa shape index (κ2) is 6.06. The van der Waals surface area contributed by atoms with Gasteiger partial charge in [0.1, 0.15) is 12.0 Å². The van der Waals surface area contributed by atoms with Crippen LogP contribution in [0.25, 0.3) is 22.4 Å². The summed E-state index contributed by atoms with van der Waals surface area (Å²) in [5.41, 5.74) is 2.20. The Bertz CT molecular complexity index is 982. The van der Waals surface area contributed by atoms with Crippen molar-refractivity contribution in [2.45, 2.75) is 4.90 Å². The highest BCUT2D eigenvalue weighted by Gasteiger charge is 2.15. The molecule has 0 spiro atoms. The molecule has 0 saturated heterocycles. The molecule has 1 heterocycles. The largest absolute Gasteiger partial charge is 0.494 e. The normalized spacial score (nSPS) is 11.5. The third-order valence-electron chi connectivity index (χ3n) is 3.49. The number of benzene rings is 2. The van der Waals surface area contributed by atoms with Crippen LogP contribution in [0, 0.1) is 5.82 Å². The van der Waals surface area contributed by atoms with E-state index in [0.29, 0.717) is 22.4 Å². The molecule has 0 aliphatic heterocycles. The van der Waals surface area contributed by atoms with E-state index in [2.05, 4.69) is 5.16 Å². The number of methoxy groups -OCH3 is 1. The van der Waals surface area contributed by atoms with Crippen molar-refractivity contribution < 1.29 is 22.1 Å². The third-order valence-corrected chi connectivity index (χ3v) is 4.42. The maximum Gasteiger partial charge on any atom is 0.238 e. The van der Waals surface area contributed by atoms with Crippen LogP contribution >= 0.6 is 0 Å². The van der Waals surface area contributed by atoms with Gasteiger partial charge in [0.15, 0.2) is 11.6 Å². The molecule has 0 aliphatic rings. The maximum absolute atomic E-state index is 13.9. The van der Waals surface area contributed by atoms with Gasteiger partial charge in [0.25, 0.3) is 0 Å². The van der Waals surface area contributed by atoms with Crippen LogP contribution in [0.4, 0.5) is 4.39 Å². The lowest BCUT2D eigenvalue weighted by Crippen LogP contribution is -2.11. The van der Waals surface area contributed by atoms with E-state index in [0.717, 1.165) is 0 Å². The van der Waals surface area contributed by atoms with E-state index >= 15 is 0 Å². The summed E-state index contributed by atoms with van der Waals surface area (Å²) in [5, 5.41) is 8.98. The van der Waals surface area contributed by atoms with Crippen molar-refractivity contribution in [3.05, 3.63) is 54.5 Å². The minimum absolute atomic E-state index is 0.000235. The fourth-order valence-corrected chi connectivity index (χ4v) is 2.80. The van der Waals surface area contributed by atoms with Gasteiger partial charge >= 0.3 is 0 Å². The monoisotopic (exact) mass is 348 g/mol. The van der Waals surface area contributed by atoms with Gasteiger partial charge in [-0.25, -0.2) is 17.9 Å². The molecule has 0 radical (unpaired) electrons. The molecular formula is C16H13FN2O4S. The molecule has 1 aromatic heterocycles. The minimum atomic E-state index is -3.77. The number of aromatic nitrogens is 1. The Morgan fingerprint density at radius 2 is 1.79 bits per heavy atom. The topological polar surface area (TPSA) is 95.4 Å². The number of nitrogens with two attached hydrogens (primary N) is 1. The second-order valence-electron chi connectivity index (χ2n) is 5.00. The lowest BCUT2D eigenvalue weighted by molar-refractivity contribution is 0.386. The Hall–Kier alpha value is -2.71. The first kappa shape index (κ1) is 16.2. The quantitative estimate of drug-likeness (QED) is 0.782. The predicted molar refractivity (Wildman–Crippen MR) is 85.3 cm³/mol. The van der Waals surface area contributed by atoms with Crippen LogP contribution in [0.15, 0.2) is 58.1 Å². The van der Waals surface area contributed by atoms with Crippen molar-refractivity contribution in [1.29, 1.82) is 0 Å². The van der Waals surface area contributed by atoms with Gasteiger partial charge < -0.3 is 9.26 Å². The van der Waals surface area contributed by atoms with Crippen molar-refractivity contribution in [1.82, 2.24) is 5.16 Å². The molecule has 0 atom stereocenters. The molecule has 3 aromatic rings. The summed E-state index contributed by atoms with van der Waals surface area (Å²) < 4.78 is 46.4. The van der Waals surface area contributed by atoms with E-state index in [1.165, 1.54) is 37.6 Å². The number of halogens is 1. The number of primary sulfonamides is 1. The molecule has 24 heavy (non-hydrogen) atoms. The van der Waals surface area contributed by atoms with Crippen LogP contribution in [0.5, 0.6) is 5.75 Å². The number of ether oxygens (including phenoxy) is 1. The highest BCUT2D eigenvalue weighted by Crippen LogP contribution is 2.33. The fraction of sp³-hybridized carbons (Fsp3) is 0.0625. The fourth-order valence-electron chi connectivity index (χ4n) is 2.29. The first-order valence-electron chi connectivity index (χ1n) is 6.81. The van der Waals surface area contributed by atoms with Gasteiger partial charge in [0.2, 0.25) is 10.0 Å². The Kier molecular flexibility index (Phi) is 4.08. The smallest absolute Gasteiger partial charge is 0.238 e. The molecule has 2 N–H and O–H groups in total. The molecular weight excluding hydrogens is 335 g/mol. The average molecular weight is 348 g/mol. The zero-order chi connectivity index (χ0) is 17.3. The van der Waals surface area contributed by atoms with E-state index in [1.807, 2.05) is 0 Å². The number of hydrogen-bond donors (Lipinski definition) is 1. The molecule has 8 heteroatoms. The standard InChI is InChI=1S/C16H13FN2O4S/c1-22-15-7-4-11(8-14(15)17)16-13(9-23-19-16)10-2-5-12(6-3-10)24(18,20)21/h2-9H,1H3,(H2,18,20,21). The van der Waals surface area contributed by atoms with Crippen LogP contribution in [0.1, 0.15) is 0 Å². The summed E-state index contributed by atoms with van der Waals surface area (Å²) in [6.45, 7) is 0. The van der Waals surface area contributed by atoms with Gasteiger partial charge in [-0.15, -0.1) is 0 Å². The van der Waals surface area contributed by atoms with Crippen LogP contribution in [0.3, 0.4) is 0 Å². The summed E-state index contributed by atoms with van der Waals surface area (Å²) in [6, 6.07) is 10.4. The zero-order valence-electron chi connectivity index (χ0n) is 12.6. The lowest BCUT2D eigenvalue weighted by atomic mass is 10.0. The summed E-state index contributed by atoms with van der Waals surface area (Å²) in [4.78, 5) is -0.000235. The highest BCUT2D eigenvalue weighted by atomic mass is 32.2. The molecule has 2 aromatic carbocycles. The van der Waals surface area contributed by atoms with E-state index in [1.54, 1.807) is 18.2 Å². The van der Waals surface area contributed by atoms with Crippen LogP contribution in [-0.2, 0) is 10.0 Å². The van der Waals surface area contributed by atoms with Crippen LogP contribution < -0.4 is 9.88 Å². The number of hydrogen-bond acceptors (Lipinski definition) is 5. The van der Waals surface area contributed by atoms with Crippen molar-refractivity contribution in [3.8, 4) is 28.1 Å². The first-order valence-corrected chi connectivity index (χ1v) is 8.36. The Morgan fingerprint density at radius 1 is 1.12 bits per heavy atom. The van der Waals surface area contributed by atoms with Crippen molar-refractivity contribution in [2.24, 2.45) is 5.14 Å². The SMILES string of the molecule is COc1ccc(-c2nocc2-c2ccc(S(N)(=O)=O)cc2)cc1F. The van der Waals surface area contributed by atoms with E-state index in [-0.39, 0.29) is 10.6 Å². The van der Waals surface area contributed by atoms with E-state index in [9.17, 15) is 12.8 Å². The molecule has 0 unspecified atom stereocenters. The molecule has 3 rings (SSSR count). The van der Waals surface area contributed by atoms with Gasteiger partial charge in [-0.1, -0.05) is 17.3 Å². The molecule has 124 valence electrons. The number of nitrogens with zero attached hydrogens (tertiary/aromatic N) is 1. The third kappa shape index (κ3) is 3.01. The van der Waals surface area contributed by atoms with Gasteiger partial charge in [0.05, 0.1) is 12.0 Å². The van der Waals surface area contributed by atoms with Crippen LogP contribution in [0.2, 0.25) is 0 Å². The van der Waals surface area contributed by atoms with Gasteiger partial charge in [-0.05, 0) is 35.9 Å². The van der Waals surface area contributed by atoms with Gasteiger partial charge in [0, 0.05) is 11.1 Å². The van der Waals surface area contributed by atoms with E-state index in [4.69, 9.17) is 14.4 Å². The minimum Gasteiger partial charge on any atom is -0.494 e. The highest BCUT2D eigenvalue weighted by molar-refractivity contribution is 7.89. The second-order valence-corrected chi connectivity index (χ2v) is 6.56. The first-order chi connectivity index (χ1) is 11.4. The zero-order valence-corrected chi connectivity index (χ0v) is 13.4. The van der Waals surface area contributed by atoms with Crippen molar-refractivity contribution in [2.75, 3.05) is 7.11 Å². The Balaban J connectivity index is 2.03. The van der Waals surface area contributed by atoms with E-state index < -0.39 is 15.8 Å². The molecule has 0 bridgehead atoms. The number of sulfonamides is 1. The number of rotatable bonds is 4. The van der Waals surface area contributed by atoms with Gasteiger partial charge in [-0.2, -0.15) is 0 Å². The Morgan fingerprint density at radius 3 is 2.38 bits per heavy atom. The molecule has 0 fully saturated rings. The molecule has 0 aliphatic carbocycles. The summed E-state index contributed by atoms with van der Waals surface area (Å²) in [6.07, 6.45) is 1.41. The van der Waals surface area contributed by atoms with Crippen LogP contribution in [-0.4, -0.2) is 20.7 Å². The summed E-state index contributed by atoms with van der Waals surface area (Å²) >= 11 is 0. The lowest BCUT2D eigenvalue weighted by Gasteiger charge is -2.05. The average Bonchev–Trinajstić information content (AvgIpc) is 3.03. The Labute approximate surface area is 137 Å². The predicted octanol–water partition coefficient (Wildman–Crippen LogP) is 2.80. The summed E-state index contributed by atoms with van der Waals surface area (Å²) in [5.74, 6) is -0.394. The van der Waals surface area contributed by atoms with Crippen molar-refractivity contribution >= 4 is 10.0 Å². The molecule has 0 amide bonds. The summed E-state index contributed by atoms with van der Waals surface area (Å²) in [7, 11) is -2.38. The maximum atomic E-state index is 13.9.